The largest absolute Gasteiger partial charge is 0.303 e. The van der Waals surface area contributed by atoms with Gasteiger partial charge in [0.1, 0.15) is 0 Å². The maximum atomic E-state index is 6.12. The minimum atomic E-state index is 0.237. The van der Waals surface area contributed by atoms with Gasteiger partial charge in [-0.25, -0.2) is 0 Å². The average molecular weight is 338 g/mol. The summed E-state index contributed by atoms with van der Waals surface area (Å²) in [4.78, 5) is 1.39. The summed E-state index contributed by atoms with van der Waals surface area (Å²) in [6.45, 7) is 2.17. The van der Waals surface area contributed by atoms with Crippen LogP contribution in [0.3, 0.4) is 0 Å². The molecule has 1 heterocycles. The minimum absolute atomic E-state index is 0.237. The molecular weight excluding hydrogens is 321 g/mol. The number of halogens is 2. The summed E-state index contributed by atoms with van der Waals surface area (Å²) in [5, 5.41) is 4.94. The third-order valence-corrected chi connectivity index (χ3v) is 5.72. The molecule has 1 aliphatic rings. The lowest BCUT2D eigenvalue weighted by molar-refractivity contribution is 0.450. The molecule has 0 saturated heterocycles. The van der Waals surface area contributed by atoms with Crippen LogP contribution in [0.2, 0.25) is 10.0 Å². The van der Waals surface area contributed by atoms with Crippen LogP contribution < -0.4 is 5.32 Å². The zero-order chi connectivity index (χ0) is 14.8. The van der Waals surface area contributed by atoms with E-state index in [0.29, 0.717) is 16.1 Å². The van der Waals surface area contributed by atoms with Crippen molar-refractivity contribution in [2.24, 2.45) is 0 Å². The Bertz CT molecular complexity index is 644. The van der Waals surface area contributed by atoms with Gasteiger partial charge in [-0.15, -0.1) is 11.8 Å². The van der Waals surface area contributed by atoms with Gasteiger partial charge in [-0.3, -0.25) is 0 Å². The zero-order valence-corrected chi connectivity index (χ0v) is 14.1. The second kappa shape index (κ2) is 6.62. The Morgan fingerprint density at radius 2 is 1.95 bits per heavy atom. The monoisotopic (exact) mass is 337 g/mol. The van der Waals surface area contributed by atoms with Crippen LogP contribution in [0.15, 0.2) is 47.4 Å². The van der Waals surface area contributed by atoms with E-state index in [9.17, 15) is 0 Å². The van der Waals surface area contributed by atoms with Gasteiger partial charge in [0.15, 0.2) is 0 Å². The van der Waals surface area contributed by atoms with Gasteiger partial charge < -0.3 is 5.32 Å². The van der Waals surface area contributed by atoms with Crippen molar-refractivity contribution < 1.29 is 0 Å². The summed E-state index contributed by atoms with van der Waals surface area (Å²) in [5.74, 6) is 1.16. The third-order valence-electron chi connectivity index (χ3n) is 3.85. The number of rotatable bonds is 3. The molecule has 2 unspecified atom stereocenters. The number of nitrogens with one attached hydrogen (secondary N) is 1. The molecule has 0 aromatic heterocycles. The molecule has 4 heteroatoms. The van der Waals surface area contributed by atoms with E-state index in [4.69, 9.17) is 23.2 Å². The molecule has 110 valence electrons. The Morgan fingerprint density at radius 1 is 1.14 bits per heavy atom. The van der Waals surface area contributed by atoms with Gasteiger partial charge in [0.2, 0.25) is 0 Å². The summed E-state index contributed by atoms with van der Waals surface area (Å²) in [5.41, 5.74) is 2.57. The Morgan fingerprint density at radius 3 is 2.76 bits per heavy atom. The predicted octanol–water partition coefficient (Wildman–Crippen LogP) is 5.88. The van der Waals surface area contributed by atoms with Crippen LogP contribution in [0, 0.1) is 0 Å². The molecule has 1 nitrogen and oxygen atoms in total. The van der Waals surface area contributed by atoms with E-state index in [1.807, 2.05) is 30.0 Å². The van der Waals surface area contributed by atoms with Crippen LogP contribution in [0.4, 0.5) is 0 Å². The quantitative estimate of drug-likeness (QED) is 0.750. The van der Waals surface area contributed by atoms with E-state index in [1.54, 1.807) is 0 Å². The van der Waals surface area contributed by atoms with Gasteiger partial charge in [0, 0.05) is 17.0 Å². The van der Waals surface area contributed by atoms with Gasteiger partial charge in [-0.2, -0.15) is 0 Å². The van der Waals surface area contributed by atoms with Crippen LogP contribution in [-0.4, -0.2) is 5.75 Å². The Balaban J connectivity index is 1.79. The lowest BCUT2D eigenvalue weighted by Gasteiger charge is -2.29. The van der Waals surface area contributed by atoms with Crippen molar-refractivity contribution in [3.8, 4) is 0 Å². The molecule has 0 fully saturated rings. The maximum Gasteiger partial charge on any atom is 0.0595 e. The molecule has 1 N–H and O–H groups in total. The van der Waals surface area contributed by atoms with Crippen LogP contribution in [-0.2, 0) is 0 Å². The first-order valence-electron chi connectivity index (χ1n) is 7.08. The molecule has 0 aliphatic carbocycles. The van der Waals surface area contributed by atoms with Gasteiger partial charge in [-0.1, -0.05) is 47.5 Å². The topological polar surface area (TPSA) is 12.0 Å². The molecule has 0 spiro atoms. The van der Waals surface area contributed by atoms with E-state index < -0.39 is 0 Å². The summed E-state index contributed by atoms with van der Waals surface area (Å²) < 4.78 is 0. The smallest absolute Gasteiger partial charge is 0.0595 e. The van der Waals surface area contributed by atoms with E-state index >= 15 is 0 Å². The van der Waals surface area contributed by atoms with Crippen LogP contribution in [0.1, 0.15) is 36.6 Å². The highest BCUT2D eigenvalue weighted by atomic mass is 35.5. The second-order valence-corrected chi connectivity index (χ2v) is 7.24. The Kier molecular flexibility index (Phi) is 4.80. The molecule has 2 aromatic rings. The average Bonchev–Trinajstić information content (AvgIpc) is 2.50. The molecule has 0 bridgehead atoms. The number of fused-ring (bicyclic) bond motifs is 1. The molecule has 0 amide bonds. The summed E-state index contributed by atoms with van der Waals surface area (Å²) in [6, 6.07) is 15.1. The van der Waals surface area contributed by atoms with Gasteiger partial charge in [0.05, 0.1) is 10.0 Å². The van der Waals surface area contributed by atoms with Gasteiger partial charge >= 0.3 is 0 Å². The van der Waals surface area contributed by atoms with Crippen LogP contribution in [0.25, 0.3) is 0 Å². The highest BCUT2D eigenvalue weighted by molar-refractivity contribution is 7.99. The highest BCUT2D eigenvalue weighted by Gasteiger charge is 2.22. The number of hydrogen-bond donors (Lipinski definition) is 1. The van der Waals surface area contributed by atoms with Gasteiger partial charge in [-0.05, 0) is 48.4 Å². The maximum absolute atomic E-state index is 6.12. The molecule has 0 saturated carbocycles. The third kappa shape index (κ3) is 3.40. The number of hydrogen-bond acceptors (Lipinski definition) is 2. The molecule has 0 radical (unpaired) electrons. The molecule has 2 aromatic carbocycles. The molecule has 3 rings (SSSR count). The van der Waals surface area contributed by atoms with Crippen molar-refractivity contribution in [2.75, 3.05) is 5.75 Å². The predicted molar refractivity (Wildman–Crippen MR) is 92.5 cm³/mol. The van der Waals surface area contributed by atoms with E-state index in [1.165, 1.54) is 16.0 Å². The van der Waals surface area contributed by atoms with Crippen LogP contribution in [0.5, 0.6) is 0 Å². The lowest BCUT2D eigenvalue weighted by atomic mass is 10.0. The van der Waals surface area contributed by atoms with Crippen molar-refractivity contribution in [1.82, 2.24) is 5.32 Å². The minimum Gasteiger partial charge on any atom is -0.303 e. The van der Waals surface area contributed by atoms with Crippen molar-refractivity contribution in [3.63, 3.8) is 0 Å². The fourth-order valence-electron chi connectivity index (χ4n) is 2.69. The van der Waals surface area contributed by atoms with Crippen LogP contribution >= 0.6 is 35.0 Å². The van der Waals surface area contributed by atoms with Crippen molar-refractivity contribution >= 4 is 35.0 Å². The number of benzene rings is 2. The molecule has 2 atom stereocenters. The highest BCUT2D eigenvalue weighted by Crippen LogP contribution is 2.37. The normalized spacial score (nSPS) is 19.1. The van der Waals surface area contributed by atoms with Crippen molar-refractivity contribution in [3.05, 3.63) is 63.6 Å². The fourth-order valence-corrected chi connectivity index (χ4v) is 4.13. The zero-order valence-electron chi connectivity index (χ0n) is 11.8. The van der Waals surface area contributed by atoms with Crippen molar-refractivity contribution in [2.45, 2.75) is 30.3 Å². The summed E-state index contributed by atoms with van der Waals surface area (Å²) in [6.07, 6.45) is 1.15. The van der Waals surface area contributed by atoms with Crippen molar-refractivity contribution in [1.29, 1.82) is 0 Å². The summed E-state index contributed by atoms with van der Waals surface area (Å²) >= 11 is 14.0. The number of thioether (sulfide) groups is 1. The SMILES string of the molecule is CC(NC1CCSc2ccccc21)c1ccc(Cl)c(Cl)c1. The first-order chi connectivity index (χ1) is 10.1. The van der Waals surface area contributed by atoms with E-state index in [-0.39, 0.29) is 6.04 Å². The molecular formula is C17H17Cl2NS. The molecule has 1 aliphatic heterocycles. The fraction of sp³-hybridized carbons (Fsp3) is 0.294. The summed E-state index contributed by atoms with van der Waals surface area (Å²) in [7, 11) is 0. The second-order valence-electron chi connectivity index (χ2n) is 5.29. The molecule has 21 heavy (non-hydrogen) atoms. The van der Waals surface area contributed by atoms with Gasteiger partial charge in [0.25, 0.3) is 0 Å². The standard InChI is InChI=1S/C17H17Cl2NS/c1-11(12-6-7-14(18)15(19)10-12)20-16-8-9-21-17-5-3-2-4-13(16)17/h2-7,10-11,16,20H,8-9H2,1H3. The Labute approximate surface area is 140 Å². The van der Waals surface area contributed by atoms with E-state index in [0.717, 1.165) is 12.2 Å². The first-order valence-corrected chi connectivity index (χ1v) is 8.82. The van der Waals surface area contributed by atoms with E-state index in [2.05, 4.69) is 36.5 Å². The lowest BCUT2D eigenvalue weighted by Crippen LogP contribution is -2.27. The first kappa shape index (κ1) is 15.2. The Hall–Kier alpha value is -0.670.